The van der Waals surface area contributed by atoms with E-state index in [0.29, 0.717) is 11.6 Å². The van der Waals surface area contributed by atoms with Crippen molar-refractivity contribution in [1.82, 2.24) is 10.0 Å². The number of halogens is 1. The van der Waals surface area contributed by atoms with Crippen molar-refractivity contribution in [3.05, 3.63) is 64.7 Å². The maximum atomic E-state index is 12.6. The molecule has 1 aliphatic rings. The number of rotatable bonds is 7. The quantitative estimate of drug-likeness (QED) is 0.717. The zero-order chi connectivity index (χ0) is 20.1. The molecule has 8 heteroatoms. The van der Waals surface area contributed by atoms with Crippen molar-refractivity contribution in [2.24, 2.45) is 0 Å². The first-order valence-electron chi connectivity index (χ1n) is 9.13. The predicted molar refractivity (Wildman–Crippen MR) is 108 cm³/mol. The lowest BCUT2D eigenvalue weighted by atomic mass is 10.1. The van der Waals surface area contributed by atoms with E-state index in [2.05, 4.69) is 10.0 Å². The summed E-state index contributed by atoms with van der Waals surface area (Å²) >= 11 is 5.99. The molecule has 0 saturated carbocycles. The maximum absolute atomic E-state index is 12.6. The van der Waals surface area contributed by atoms with E-state index >= 15 is 0 Å². The summed E-state index contributed by atoms with van der Waals surface area (Å²) in [5, 5.41) is 3.45. The van der Waals surface area contributed by atoms with Gasteiger partial charge in [-0.2, -0.15) is 0 Å². The van der Waals surface area contributed by atoms with Crippen LogP contribution >= 0.6 is 11.6 Å². The summed E-state index contributed by atoms with van der Waals surface area (Å²) < 4.78 is 33.1. The van der Waals surface area contributed by atoms with Crippen molar-refractivity contribution >= 4 is 27.5 Å². The highest BCUT2D eigenvalue weighted by Crippen LogP contribution is 2.19. The second-order valence-corrected chi connectivity index (χ2v) is 8.97. The number of amides is 1. The fourth-order valence-electron chi connectivity index (χ4n) is 3.04. The molecular weight excluding hydrogens is 400 g/mol. The van der Waals surface area contributed by atoms with E-state index in [1.165, 1.54) is 12.1 Å². The van der Waals surface area contributed by atoms with Gasteiger partial charge in [-0.25, -0.2) is 13.1 Å². The summed E-state index contributed by atoms with van der Waals surface area (Å²) in [7, 11) is -3.72. The fourth-order valence-corrected chi connectivity index (χ4v) is 4.35. The molecule has 1 aliphatic heterocycles. The van der Waals surface area contributed by atoms with Gasteiger partial charge in [-0.15, -0.1) is 0 Å². The Labute approximate surface area is 170 Å². The number of carbonyl (C=O) groups is 1. The molecule has 28 heavy (non-hydrogen) atoms. The number of hydrogen-bond donors (Lipinski definition) is 2. The average Bonchev–Trinajstić information content (AvgIpc) is 3.20. The number of hydrogen-bond acceptors (Lipinski definition) is 4. The molecule has 3 rings (SSSR count). The van der Waals surface area contributed by atoms with Gasteiger partial charge in [-0.1, -0.05) is 29.8 Å². The lowest BCUT2D eigenvalue weighted by Gasteiger charge is -2.15. The molecule has 6 nitrogen and oxygen atoms in total. The van der Waals surface area contributed by atoms with Gasteiger partial charge in [0, 0.05) is 23.7 Å². The molecule has 1 amide bonds. The minimum Gasteiger partial charge on any atom is -0.377 e. The highest BCUT2D eigenvalue weighted by molar-refractivity contribution is 7.89. The van der Waals surface area contributed by atoms with E-state index in [1.807, 2.05) is 19.1 Å². The number of sulfonamides is 1. The van der Waals surface area contributed by atoms with Crippen LogP contribution in [0.5, 0.6) is 0 Å². The van der Waals surface area contributed by atoms with Crippen LogP contribution in [-0.4, -0.2) is 33.6 Å². The van der Waals surface area contributed by atoms with E-state index in [0.717, 1.165) is 18.4 Å². The van der Waals surface area contributed by atoms with Crippen molar-refractivity contribution in [2.75, 3.05) is 13.2 Å². The predicted octanol–water partition coefficient (Wildman–Crippen LogP) is 3.29. The van der Waals surface area contributed by atoms with E-state index in [4.69, 9.17) is 16.3 Å². The van der Waals surface area contributed by atoms with Gasteiger partial charge >= 0.3 is 0 Å². The topological polar surface area (TPSA) is 84.5 Å². The van der Waals surface area contributed by atoms with Gasteiger partial charge in [0.2, 0.25) is 10.0 Å². The van der Waals surface area contributed by atoms with Gasteiger partial charge in [0.15, 0.2) is 0 Å². The number of carbonyl (C=O) groups excluding carboxylic acids is 1. The largest absolute Gasteiger partial charge is 0.377 e. The van der Waals surface area contributed by atoms with Crippen LogP contribution < -0.4 is 10.0 Å². The molecule has 2 atom stereocenters. The molecule has 150 valence electrons. The van der Waals surface area contributed by atoms with Crippen molar-refractivity contribution in [2.45, 2.75) is 36.8 Å². The monoisotopic (exact) mass is 422 g/mol. The highest BCUT2D eigenvalue weighted by Gasteiger charge is 2.21. The van der Waals surface area contributed by atoms with Gasteiger partial charge in [0.25, 0.3) is 5.91 Å². The van der Waals surface area contributed by atoms with Crippen molar-refractivity contribution in [3.63, 3.8) is 0 Å². The molecule has 0 spiro atoms. The van der Waals surface area contributed by atoms with E-state index in [9.17, 15) is 13.2 Å². The second-order valence-electron chi connectivity index (χ2n) is 6.76. The van der Waals surface area contributed by atoms with Gasteiger partial charge in [-0.3, -0.25) is 4.79 Å². The first-order valence-corrected chi connectivity index (χ1v) is 11.0. The third-order valence-electron chi connectivity index (χ3n) is 4.63. The van der Waals surface area contributed by atoms with Crippen LogP contribution in [0.2, 0.25) is 5.02 Å². The molecule has 0 aliphatic carbocycles. The Morgan fingerprint density at radius 2 is 2.04 bits per heavy atom. The summed E-state index contributed by atoms with van der Waals surface area (Å²) in [6, 6.07) is 12.9. The molecular formula is C20H23ClN2O4S. The third kappa shape index (κ3) is 5.32. The Hall–Kier alpha value is -1.93. The average molecular weight is 423 g/mol. The minimum atomic E-state index is -3.72. The molecule has 2 aromatic rings. The molecule has 2 N–H and O–H groups in total. The summed E-state index contributed by atoms with van der Waals surface area (Å²) in [5.74, 6) is -0.358. The van der Waals surface area contributed by atoms with Gasteiger partial charge in [-0.05, 0) is 55.7 Å². The smallest absolute Gasteiger partial charge is 0.251 e. The Balaban J connectivity index is 1.68. The van der Waals surface area contributed by atoms with Gasteiger partial charge in [0.05, 0.1) is 17.0 Å². The zero-order valence-corrected chi connectivity index (χ0v) is 17.1. The summed E-state index contributed by atoms with van der Waals surface area (Å²) in [5.41, 5.74) is 1.14. The van der Waals surface area contributed by atoms with Crippen LogP contribution in [0.25, 0.3) is 0 Å². The number of benzene rings is 2. The van der Waals surface area contributed by atoms with E-state index in [1.54, 1.807) is 24.3 Å². The maximum Gasteiger partial charge on any atom is 0.251 e. The highest BCUT2D eigenvalue weighted by atomic mass is 35.5. The summed E-state index contributed by atoms with van der Waals surface area (Å²) in [6.45, 7) is 2.73. The Morgan fingerprint density at radius 1 is 1.25 bits per heavy atom. The third-order valence-corrected chi connectivity index (χ3v) is 6.28. The van der Waals surface area contributed by atoms with Crippen molar-refractivity contribution in [3.8, 4) is 0 Å². The SMILES string of the molecule is CC(NC(=O)c1cccc(S(=O)(=O)NCC2CCCO2)c1)c1cccc(Cl)c1. The van der Waals surface area contributed by atoms with Crippen LogP contribution in [0.15, 0.2) is 53.4 Å². The molecule has 0 aromatic heterocycles. The van der Waals surface area contributed by atoms with Crippen LogP contribution in [-0.2, 0) is 14.8 Å². The Kier molecular flexibility index (Phi) is 6.72. The molecule has 0 bridgehead atoms. The van der Waals surface area contributed by atoms with E-state index in [-0.39, 0.29) is 35.1 Å². The van der Waals surface area contributed by atoms with Crippen molar-refractivity contribution < 1.29 is 17.9 Å². The molecule has 1 fully saturated rings. The lowest BCUT2D eigenvalue weighted by Crippen LogP contribution is -2.32. The Morgan fingerprint density at radius 3 is 2.75 bits per heavy atom. The number of nitrogens with one attached hydrogen (secondary N) is 2. The summed E-state index contributed by atoms with van der Waals surface area (Å²) in [4.78, 5) is 12.6. The van der Waals surface area contributed by atoms with Crippen LogP contribution in [0.1, 0.15) is 41.7 Å². The van der Waals surface area contributed by atoms with Gasteiger partial charge in [0.1, 0.15) is 0 Å². The minimum absolute atomic E-state index is 0.0496. The van der Waals surface area contributed by atoms with Crippen LogP contribution in [0.4, 0.5) is 0 Å². The molecule has 2 aromatic carbocycles. The standard InChI is InChI=1S/C20H23ClN2O4S/c1-14(15-5-2-7-17(21)11-15)23-20(24)16-6-3-9-19(12-16)28(25,26)22-13-18-8-4-10-27-18/h2-3,5-7,9,11-12,14,18,22H,4,8,10,13H2,1H3,(H,23,24). The molecule has 1 saturated heterocycles. The van der Waals surface area contributed by atoms with E-state index < -0.39 is 10.0 Å². The van der Waals surface area contributed by atoms with Gasteiger partial charge < -0.3 is 10.1 Å². The van der Waals surface area contributed by atoms with Crippen LogP contribution in [0.3, 0.4) is 0 Å². The molecule has 2 unspecified atom stereocenters. The first-order chi connectivity index (χ1) is 13.3. The molecule has 1 heterocycles. The summed E-state index contributed by atoms with van der Waals surface area (Å²) in [6.07, 6.45) is 1.68. The lowest BCUT2D eigenvalue weighted by molar-refractivity contribution is 0.0939. The van der Waals surface area contributed by atoms with Crippen LogP contribution in [0, 0.1) is 0 Å². The van der Waals surface area contributed by atoms with Crippen molar-refractivity contribution in [1.29, 1.82) is 0 Å². The second kappa shape index (κ2) is 9.05. The molecule has 0 radical (unpaired) electrons. The normalized spacial score (nSPS) is 18.0. The zero-order valence-electron chi connectivity index (χ0n) is 15.5. The number of ether oxygens (including phenoxy) is 1. The first kappa shape index (κ1) is 20.8. The Bertz CT molecular complexity index is 943. The fraction of sp³-hybridized carbons (Fsp3) is 0.350.